The van der Waals surface area contributed by atoms with Crippen LogP contribution < -0.4 is 0 Å². The van der Waals surface area contributed by atoms with E-state index < -0.39 is 54.7 Å². The number of halogens is 2. The largest absolute Gasteiger partial charge is 0.388 e. The highest BCUT2D eigenvalue weighted by molar-refractivity contribution is 7.71. The van der Waals surface area contributed by atoms with Crippen molar-refractivity contribution in [3.8, 4) is 11.4 Å². The van der Waals surface area contributed by atoms with E-state index in [1.807, 2.05) is 0 Å². The standard InChI is InChI=1S/C22H31F2N2O7PS/c1-6-21(4,33-34(30,31)22(5,29)7-2)9-13-15(27)16(28)17(32-13)12-8-11-10(3)14(23)18(24)25-19(11)26-20(12)35/h8,13,15-17,27-29H,6-7,9H2,1-5H3,(H,30,31)(H,25,26,35)/t13-,15?,16+,17+,21?,22?/m1/s1. The molecule has 3 heterocycles. The van der Waals surface area contributed by atoms with Crippen molar-refractivity contribution in [2.75, 3.05) is 0 Å². The van der Waals surface area contributed by atoms with E-state index in [0.29, 0.717) is 0 Å². The number of H-pyrrole nitrogens is 1. The fourth-order valence-corrected chi connectivity index (χ4v) is 5.65. The maximum absolute atomic E-state index is 14.1. The second kappa shape index (κ2) is 9.83. The van der Waals surface area contributed by atoms with E-state index in [1.54, 1.807) is 20.8 Å². The predicted molar refractivity (Wildman–Crippen MR) is 125 cm³/mol. The van der Waals surface area contributed by atoms with Gasteiger partial charge in [0.05, 0.1) is 11.7 Å². The topological polar surface area (TPSA) is 145 Å². The number of nitrogens with zero attached hydrogens (tertiary/aromatic N) is 1. The number of rotatable bonds is 8. The van der Waals surface area contributed by atoms with Gasteiger partial charge in [0.2, 0.25) is 5.95 Å². The average molecular weight is 537 g/mol. The minimum absolute atomic E-state index is 0.0155. The van der Waals surface area contributed by atoms with Crippen LogP contribution in [-0.2, 0) is 13.8 Å². The first-order chi connectivity index (χ1) is 16.1. The predicted octanol–water partition coefficient (Wildman–Crippen LogP) is 3.87. The first-order valence-electron chi connectivity index (χ1n) is 11.2. The van der Waals surface area contributed by atoms with Gasteiger partial charge in [-0.15, -0.1) is 0 Å². The zero-order valence-electron chi connectivity index (χ0n) is 20.1. The zero-order valence-corrected chi connectivity index (χ0v) is 21.8. The maximum atomic E-state index is 14.1. The van der Waals surface area contributed by atoms with Crippen molar-refractivity contribution in [1.82, 2.24) is 9.97 Å². The minimum atomic E-state index is -4.49. The third-order valence-electron chi connectivity index (χ3n) is 6.84. The van der Waals surface area contributed by atoms with Crippen LogP contribution in [0.15, 0.2) is 6.07 Å². The maximum Gasteiger partial charge on any atom is 0.359 e. The Morgan fingerprint density at radius 3 is 2.46 bits per heavy atom. The van der Waals surface area contributed by atoms with Gasteiger partial charge in [0, 0.05) is 23.1 Å². The summed E-state index contributed by atoms with van der Waals surface area (Å²) in [5, 5.41) is 29.8. The molecule has 0 aliphatic carbocycles. The second-order valence-electron chi connectivity index (χ2n) is 9.42. The lowest BCUT2D eigenvalue weighted by molar-refractivity contribution is -0.0532. The molecule has 0 amide bonds. The summed E-state index contributed by atoms with van der Waals surface area (Å²) < 4.78 is 52.0. The number of hydrogen-bond donors (Lipinski definition) is 5. The number of hydrogen-bond acceptors (Lipinski definition) is 8. The van der Waals surface area contributed by atoms with Crippen LogP contribution in [0.1, 0.15) is 64.2 Å². The highest BCUT2D eigenvalue weighted by Gasteiger charge is 2.50. The minimum Gasteiger partial charge on any atom is -0.388 e. The third kappa shape index (κ3) is 5.21. The van der Waals surface area contributed by atoms with Crippen LogP contribution in [0.5, 0.6) is 0 Å². The Bertz CT molecular complexity index is 1180. The summed E-state index contributed by atoms with van der Waals surface area (Å²) in [5.74, 6) is -2.24. The quantitative estimate of drug-likeness (QED) is 0.193. The van der Waals surface area contributed by atoms with Crippen molar-refractivity contribution in [3.63, 3.8) is 0 Å². The first-order valence-corrected chi connectivity index (χ1v) is 13.2. The summed E-state index contributed by atoms with van der Waals surface area (Å²) in [5.41, 5.74) is -0.886. The molecule has 196 valence electrons. The molecule has 35 heavy (non-hydrogen) atoms. The van der Waals surface area contributed by atoms with Crippen LogP contribution in [0.25, 0.3) is 11.4 Å². The molecule has 13 heteroatoms. The van der Waals surface area contributed by atoms with Gasteiger partial charge in [-0.25, -0.2) is 9.37 Å². The van der Waals surface area contributed by atoms with E-state index in [9.17, 15) is 33.6 Å². The van der Waals surface area contributed by atoms with E-state index in [0.717, 1.165) is 0 Å². The highest BCUT2D eigenvalue weighted by Crippen LogP contribution is 2.59. The van der Waals surface area contributed by atoms with Crippen LogP contribution in [0.2, 0.25) is 0 Å². The lowest BCUT2D eigenvalue weighted by atomic mass is 9.92. The molecule has 0 saturated carbocycles. The Kier molecular flexibility index (Phi) is 7.92. The second-order valence-corrected chi connectivity index (χ2v) is 12.0. The fraction of sp³-hybridized carbons (Fsp3) is 0.636. The molecule has 1 fully saturated rings. The molecule has 5 N–H and O–H groups in total. The van der Waals surface area contributed by atoms with Crippen LogP contribution in [-0.4, -0.2) is 59.4 Å². The zero-order chi connectivity index (χ0) is 26.5. The molecule has 1 saturated heterocycles. The van der Waals surface area contributed by atoms with Gasteiger partial charge in [0.15, 0.2) is 11.2 Å². The van der Waals surface area contributed by atoms with Crippen LogP contribution in [0, 0.1) is 23.3 Å². The van der Waals surface area contributed by atoms with Crippen molar-refractivity contribution >= 4 is 19.8 Å². The highest BCUT2D eigenvalue weighted by atomic mass is 32.1. The lowest BCUT2D eigenvalue weighted by Gasteiger charge is -2.37. The molecule has 0 aromatic heterocycles. The molecule has 0 aromatic carbocycles. The molecule has 4 unspecified atom stereocenters. The van der Waals surface area contributed by atoms with Gasteiger partial charge in [-0.05, 0) is 39.7 Å². The normalized spacial score (nSPS) is 28.0. The van der Waals surface area contributed by atoms with E-state index in [2.05, 4.69) is 9.97 Å². The number of aromatic nitrogens is 2. The van der Waals surface area contributed by atoms with Gasteiger partial charge in [-0.3, -0.25) is 4.57 Å². The molecule has 0 bridgehead atoms. The van der Waals surface area contributed by atoms with Gasteiger partial charge < -0.3 is 34.5 Å². The van der Waals surface area contributed by atoms with E-state index in [4.69, 9.17) is 21.5 Å². The summed E-state index contributed by atoms with van der Waals surface area (Å²) in [7, 11) is -4.49. The van der Waals surface area contributed by atoms with Crippen LogP contribution >= 0.6 is 19.8 Å². The van der Waals surface area contributed by atoms with Gasteiger partial charge in [0.25, 0.3) is 0 Å². The van der Waals surface area contributed by atoms with Crippen LogP contribution in [0.3, 0.4) is 0 Å². The summed E-state index contributed by atoms with van der Waals surface area (Å²) in [6, 6.07) is 1.43. The van der Waals surface area contributed by atoms with Crippen LogP contribution in [0.4, 0.5) is 8.78 Å². The molecule has 3 aliphatic rings. The Labute approximate surface area is 207 Å². The van der Waals surface area contributed by atoms with Crippen molar-refractivity contribution in [1.29, 1.82) is 0 Å². The summed E-state index contributed by atoms with van der Waals surface area (Å²) in [4.78, 5) is 16.7. The Balaban J connectivity index is 1.92. The van der Waals surface area contributed by atoms with Crippen molar-refractivity contribution in [2.24, 2.45) is 0 Å². The molecule has 3 aliphatic heterocycles. The summed E-state index contributed by atoms with van der Waals surface area (Å²) >= 11 is 5.28. The number of nitrogens with one attached hydrogen (secondary N) is 1. The third-order valence-corrected chi connectivity index (χ3v) is 9.39. The first kappa shape index (κ1) is 28.2. The average Bonchev–Trinajstić information content (AvgIpc) is 3.04. The Morgan fingerprint density at radius 1 is 1.26 bits per heavy atom. The summed E-state index contributed by atoms with van der Waals surface area (Å²) in [6.45, 7) is 7.37. The molecule has 9 nitrogen and oxygen atoms in total. The molecular formula is C22H31F2N2O7PS. The molecule has 7 atom stereocenters. The Hall–Kier alpha value is -1.37. The lowest BCUT2D eigenvalue weighted by Crippen LogP contribution is -2.40. The summed E-state index contributed by atoms with van der Waals surface area (Å²) in [6.07, 6.45) is -4.93. The monoisotopic (exact) mass is 536 g/mol. The number of fused-ring (bicyclic) bond motifs is 1. The molecular weight excluding hydrogens is 505 g/mol. The van der Waals surface area contributed by atoms with Gasteiger partial charge in [0.1, 0.15) is 28.8 Å². The fourth-order valence-electron chi connectivity index (χ4n) is 3.98. The number of pyridine rings is 2. The number of ether oxygens (including phenoxy) is 1. The number of aliphatic hydroxyl groups excluding tert-OH is 2. The van der Waals surface area contributed by atoms with Gasteiger partial charge in [-0.1, -0.05) is 26.1 Å². The van der Waals surface area contributed by atoms with E-state index in [-0.39, 0.29) is 46.4 Å². The van der Waals surface area contributed by atoms with E-state index in [1.165, 1.54) is 19.9 Å². The molecule has 0 aromatic rings. The molecule has 0 spiro atoms. The SMILES string of the molecule is CCC(C)(C[C@H]1O[C@@H](c2cc3c(C)c(F)c(F)[nH]c-3nc2=S)[C@@H](O)C1O)OP(=O)(O)C(C)(O)CC. The smallest absolute Gasteiger partial charge is 0.359 e. The van der Waals surface area contributed by atoms with E-state index >= 15 is 0 Å². The Morgan fingerprint density at radius 2 is 1.89 bits per heavy atom. The van der Waals surface area contributed by atoms with Crippen molar-refractivity contribution in [2.45, 2.75) is 89.2 Å². The molecule has 0 radical (unpaired) electrons. The van der Waals surface area contributed by atoms with Gasteiger partial charge in [-0.2, -0.15) is 4.39 Å². The number of aromatic amines is 1. The van der Waals surface area contributed by atoms with Gasteiger partial charge >= 0.3 is 7.60 Å². The number of aliphatic hydroxyl groups is 3. The van der Waals surface area contributed by atoms with Crippen molar-refractivity contribution in [3.05, 3.63) is 33.6 Å². The van der Waals surface area contributed by atoms with Crippen molar-refractivity contribution < 1.29 is 42.8 Å². The molecule has 3 rings (SSSR count).